The number of aliphatic hydroxyl groups excluding tert-OH is 1. The summed E-state index contributed by atoms with van der Waals surface area (Å²) < 4.78 is 34.6. The zero-order valence-corrected chi connectivity index (χ0v) is 19.3. The first-order valence-electron chi connectivity index (χ1n) is 10.9. The number of aliphatic hydroxyl groups is 1. The normalized spacial score (nSPS) is 24.7. The summed E-state index contributed by atoms with van der Waals surface area (Å²) in [5, 5.41) is 9.71. The molecular formula is C23H34N2O4S. The van der Waals surface area contributed by atoms with E-state index in [9.17, 15) is 13.5 Å². The monoisotopic (exact) mass is 434 g/mol. The molecular weight excluding hydrogens is 400 g/mol. The molecule has 0 unspecified atom stereocenters. The molecule has 30 heavy (non-hydrogen) atoms. The molecule has 1 aromatic rings. The Balaban J connectivity index is 2.02. The van der Waals surface area contributed by atoms with E-state index in [4.69, 9.17) is 4.74 Å². The molecule has 0 aromatic heterocycles. The zero-order valence-electron chi connectivity index (χ0n) is 18.5. The smallest absolute Gasteiger partial charge is 0.247 e. The number of rotatable bonds is 6. The first kappa shape index (κ1) is 23.1. The van der Waals surface area contributed by atoms with Gasteiger partial charge in [-0.05, 0) is 58.0 Å². The maximum absolute atomic E-state index is 13.4. The first-order valence-corrected chi connectivity index (χ1v) is 12.3. The van der Waals surface area contributed by atoms with Gasteiger partial charge >= 0.3 is 0 Å². The van der Waals surface area contributed by atoms with Gasteiger partial charge in [0.15, 0.2) is 0 Å². The maximum Gasteiger partial charge on any atom is 0.247 e. The minimum absolute atomic E-state index is 0.0394. The number of hydrogen-bond acceptors (Lipinski definition) is 5. The van der Waals surface area contributed by atoms with Crippen LogP contribution in [0.3, 0.4) is 0 Å². The van der Waals surface area contributed by atoms with Crippen molar-refractivity contribution in [2.24, 2.45) is 11.8 Å². The number of benzene rings is 1. The molecule has 3 atom stereocenters. The van der Waals surface area contributed by atoms with Gasteiger partial charge in [0.05, 0.1) is 6.61 Å². The Hall–Kier alpha value is -1.59. The molecule has 7 heteroatoms. The van der Waals surface area contributed by atoms with Crippen molar-refractivity contribution in [1.29, 1.82) is 0 Å². The molecule has 0 bridgehead atoms. The van der Waals surface area contributed by atoms with Crippen LogP contribution in [0.5, 0.6) is 5.75 Å². The standard InChI is InChI=1S/C23H34N2O4S/c1-5-12-24(4)15-22-17(2)14-25(18(3)16-26)30(27,28)23-11-10-20(13-21(23)29-22)9-8-19-6-7-19/h10-11,13,17-19,22,26H,5-7,12,14-16H2,1-4H3/t17-,18+,22-/m0/s1. The quantitative estimate of drug-likeness (QED) is 0.697. The van der Waals surface area contributed by atoms with Gasteiger partial charge in [0.2, 0.25) is 10.0 Å². The van der Waals surface area contributed by atoms with Crippen molar-refractivity contribution in [2.75, 3.05) is 33.3 Å². The molecule has 0 saturated heterocycles. The van der Waals surface area contributed by atoms with Crippen LogP contribution in [0.1, 0.15) is 45.6 Å². The fourth-order valence-corrected chi connectivity index (χ4v) is 5.54. The van der Waals surface area contributed by atoms with Crippen LogP contribution in [0.15, 0.2) is 23.1 Å². The van der Waals surface area contributed by atoms with Crippen LogP contribution in [0.25, 0.3) is 0 Å². The van der Waals surface area contributed by atoms with Crippen LogP contribution in [0.2, 0.25) is 0 Å². The summed E-state index contributed by atoms with van der Waals surface area (Å²) in [7, 11) is -1.74. The van der Waals surface area contributed by atoms with Crippen molar-refractivity contribution >= 4 is 10.0 Å². The summed E-state index contributed by atoms with van der Waals surface area (Å²) in [6.45, 7) is 7.61. The van der Waals surface area contributed by atoms with Crippen molar-refractivity contribution in [3.8, 4) is 17.6 Å². The second kappa shape index (κ2) is 9.69. The number of sulfonamides is 1. The van der Waals surface area contributed by atoms with Gasteiger partial charge in [-0.1, -0.05) is 25.7 Å². The van der Waals surface area contributed by atoms with Gasteiger partial charge in [0, 0.05) is 36.5 Å². The summed E-state index contributed by atoms with van der Waals surface area (Å²) in [6.07, 6.45) is 3.15. The van der Waals surface area contributed by atoms with Gasteiger partial charge in [0.1, 0.15) is 16.7 Å². The lowest BCUT2D eigenvalue weighted by Crippen LogP contribution is -2.49. The maximum atomic E-state index is 13.4. The molecule has 0 spiro atoms. The molecule has 1 N–H and O–H groups in total. The second-order valence-electron chi connectivity index (χ2n) is 8.71. The highest BCUT2D eigenvalue weighted by Crippen LogP contribution is 2.34. The summed E-state index contributed by atoms with van der Waals surface area (Å²) in [6, 6.07) is 4.60. The van der Waals surface area contributed by atoms with Crippen LogP contribution < -0.4 is 4.74 Å². The Morgan fingerprint density at radius 3 is 2.73 bits per heavy atom. The SMILES string of the molecule is CCCN(C)C[C@@H]1Oc2cc(C#CC3CC3)ccc2S(=O)(=O)N([C@H](C)CO)C[C@@H]1C. The van der Waals surface area contributed by atoms with Gasteiger partial charge < -0.3 is 14.7 Å². The van der Waals surface area contributed by atoms with E-state index in [1.54, 1.807) is 25.1 Å². The summed E-state index contributed by atoms with van der Waals surface area (Å²) >= 11 is 0. The molecule has 2 aliphatic rings. The average Bonchev–Trinajstić information content (AvgIpc) is 3.53. The van der Waals surface area contributed by atoms with E-state index < -0.39 is 16.1 Å². The van der Waals surface area contributed by atoms with Gasteiger partial charge in [0.25, 0.3) is 0 Å². The molecule has 3 rings (SSSR count). The second-order valence-corrected chi connectivity index (χ2v) is 10.6. The van der Waals surface area contributed by atoms with Crippen LogP contribution in [0.4, 0.5) is 0 Å². The van der Waals surface area contributed by atoms with E-state index >= 15 is 0 Å². The molecule has 1 fully saturated rings. The topological polar surface area (TPSA) is 70.1 Å². The van der Waals surface area contributed by atoms with Gasteiger partial charge in [-0.25, -0.2) is 8.42 Å². The third-order valence-electron chi connectivity index (χ3n) is 5.76. The van der Waals surface area contributed by atoms with Crippen molar-refractivity contribution in [1.82, 2.24) is 9.21 Å². The predicted molar refractivity (Wildman–Crippen MR) is 118 cm³/mol. The number of fused-ring (bicyclic) bond motifs is 1. The van der Waals surface area contributed by atoms with E-state index in [-0.39, 0.29) is 23.5 Å². The lowest BCUT2D eigenvalue weighted by molar-refractivity contribution is 0.0752. The summed E-state index contributed by atoms with van der Waals surface area (Å²) in [4.78, 5) is 2.36. The minimum atomic E-state index is -3.80. The van der Waals surface area contributed by atoms with Gasteiger partial charge in [-0.2, -0.15) is 4.31 Å². The molecule has 1 aliphatic heterocycles. The Morgan fingerprint density at radius 1 is 1.37 bits per heavy atom. The number of nitrogens with zero attached hydrogens (tertiary/aromatic N) is 2. The van der Waals surface area contributed by atoms with Crippen LogP contribution in [-0.2, 0) is 10.0 Å². The van der Waals surface area contributed by atoms with Crippen LogP contribution >= 0.6 is 0 Å². The first-order chi connectivity index (χ1) is 14.3. The lowest BCUT2D eigenvalue weighted by Gasteiger charge is -2.37. The third-order valence-corrected chi connectivity index (χ3v) is 7.78. The van der Waals surface area contributed by atoms with Crippen LogP contribution in [-0.4, -0.2) is 68.2 Å². The van der Waals surface area contributed by atoms with E-state index in [0.29, 0.717) is 24.8 Å². The van der Waals surface area contributed by atoms with E-state index in [2.05, 4.69) is 30.7 Å². The fourth-order valence-electron chi connectivity index (χ4n) is 3.71. The molecule has 1 saturated carbocycles. The molecule has 1 aliphatic carbocycles. The van der Waals surface area contributed by atoms with E-state index in [1.807, 2.05) is 6.92 Å². The van der Waals surface area contributed by atoms with Gasteiger partial charge in [-0.3, -0.25) is 0 Å². The van der Waals surface area contributed by atoms with Crippen molar-refractivity contribution in [3.63, 3.8) is 0 Å². The molecule has 1 aromatic carbocycles. The van der Waals surface area contributed by atoms with Crippen molar-refractivity contribution in [2.45, 2.75) is 57.1 Å². The Morgan fingerprint density at radius 2 is 2.10 bits per heavy atom. The molecule has 1 heterocycles. The number of likely N-dealkylation sites (N-methyl/N-ethyl adjacent to an activating group) is 1. The summed E-state index contributed by atoms with van der Waals surface area (Å²) in [5.74, 6) is 7.17. The Bertz CT molecular complexity index is 902. The highest BCUT2D eigenvalue weighted by molar-refractivity contribution is 7.89. The fraction of sp³-hybridized carbons (Fsp3) is 0.652. The Kier molecular flexibility index (Phi) is 7.46. The van der Waals surface area contributed by atoms with Crippen molar-refractivity contribution < 1.29 is 18.3 Å². The third kappa shape index (κ3) is 5.36. The molecule has 0 amide bonds. The number of hydrogen-bond donors (Lipinski definition) is 1. The highest BCUT2D eigenvalue weighted by atomic mass is 32.2. The largest absolute Gasteiger partial charge is 0.487 e. The lowest BCUT2D eigenvalue weighted by atomic mass is 10.0. The predicted octanol–water partition coefficient (Wildman–Crippen LogP) is 2.56. The number of ether oxygens (including phenoxy) is 1. The molecule has 0 radical (unpaired) electrons. The zero-order chi connectivity index (χ0) is 21.9. The van der Waals surface area contributed by atoms with Crippen LogP contribution in [0, 0.1) is 23.7 Å². The van der Waals surface area contributed by atoms with Crippen molar-refractivity contribution in [3.05, 3.63) is 23.8 Å². The van der Waals surface area contributed by atoms with Gasteiger partial charge in [-0.15, -0.1) is 0 Å². The Labute approximate surface area is 181 Å². The molecule has 6 nitrogen and oxygen atoms in total. The van der Waals surface area contributed by atoms with E-state index in [1.165, 1.54) is 4.31 Å². The van der Waals surface area contributed by atoms with E-state index in [0.717, 1.165) is 31.4 Å². The molecule has 166 valence electrons. The average molecular weight is 435 g/mol. The summed E-state index contributed by atoms with van der Waals surface area (Å²) in [5.41, 5.74) is 0.770. The highest BCUT2D eigenvalue weighted by Gasteiger charge is 2.38. The minimum Gasteiger partial charge on any atom is -0.487 e.